The molecule has 2 aromatic rings. The number of anilines is 1. The van der Waals surface area contributed by atoms with E-state index in [1.807, 2.05) is 0 Å². The Bertz CT molecular complexity index is 695. The molecule has 0 aliphatic carbocycles. The van der Waals surface area contributed by atoms with Crippen molar-refractivity contribution in [3.8, 4) is 0 Å². The number of hydrogen-bond acceptors (Lipinski definition) is 2. The lowest BCUT2D eigenvalue weighted by molar-refractivity contribution is 0.213. The lowest BCUT2D eigenvalue weighted by atomic mass is 10.2. The van der Waals surface area contributed by atoms with Gasteiger partial charge in [0.15, 0.2) is 0 Å². The molecule has 1 heterocycles. The summed E-state index contributed by atoms with van der Waals surface area (Å²) >= 11 is 1.51. The first kappa shape index (κ1) is 14.8. The second-order valence-corrected chi connectivity index (χ2v) is 6.07. The third-order valence-corrected chi connectivity index (χ3v) is 4.64. The van der Waals surface area contributed by atoms with E-state index in [0.717, 1.165) is 5.75 Å². The average Bonchev–Trinajstić information content (AvgIpc) is 2.97. The van der Waals surface area contributed by atoms with Gasteiger partial charge in [-0.15, -0.1) is 11.8 Å². The van der Waals surface area contributed by atoms with Gasteiger partial charge in [0.05, 0.1) is 0 Å². The molecule has 2 aromatic carbocycles. The largest absolute Gasteiger partial charge is 0.323 e. The van der Waals surface area contributed by atoms with Gasteiger partial charge in [0, 0.05) is 23.5 Å². The van der Waals surface area contributed by atoms with Gasteiger partial charge in [0.25, 0.3) is 0 Å². The van der Waals surface area contributed by atoms with E-state index in [2.05, 4.69) is 5.32 Å². The fraction of sp³-hybridized carbons (Fsp3) is 0.188. The van der Waals surface area contributed by atoms with Crippen LogP contribution in [0.4, 0.5) is 19.3 Å². The zero-order valence-electron chi connectivity index (χ0n) is 11.6. The van der Waals surface area contributed by atoms with Crippen molar-refractivity contribution in [3.63, 3.8) is 0 Å². The van der Waals surface area contributed by atoms with E-state index in [-0.39, 0.29) is 17.2 Å². The molecule has 0 unspecified atom stereocenters. The summed E-state index contributed by atoms with van der Waals surface area (Å²) in [6.45, 7) is 0.519. The first-order valence-electron chi connectivity index (χ1n) is 6.84. The van der Waals surface area contributed by atoms with Crippen molar-refractivity contribution in [3.05, 3.63) is 65.7 Å². The van der Waals surface area contributed by atoms with Crippen LogP contribution in [0.3, 0.4) is 0 Å². The first-order chi connectivity index (χ1) is 10.6. The molecule has 0 aromatic heterocycles. The summed E-state index contributed by atoms with van der Waals surface area (Å²) in [4.78, 5) is 13.9. The Labute approximate surface area is 131 Å². The van der Waals surface area contributed by atoms with Crippen LogP contribution in [0.2, 0.25) is 0 Å². The van der Waals surface area contributed by atoms with E-state index in [1.165, 1.54) is 36.0 Å². The van der Waals surface area contributed by atoms with E-state index in [9.17, 15) is 13.6 Å². The molecule has 0 saturated carbocycles. The maximum atomic E-state index is 13.9. The second kappa shape index (κ2) is 6.36. The molecule has 1 saturated heterocycles. The van der Waals surface area contributed by atoms with Crippen LogP contribution in [0, 0.1) is 11.6 Å². The highest BCUT2D eigenvalue weighted by molar-refractivity contribution is 7.99. The van der Waals surface area contributed by atoms with Crippen molar-refractivity contribution in [2.45, 2.75) is 5.37 Å². The van der Waals surface area contributed by atoms with Crippen LogP contribution >= 0.6 is 11.8 Å². The van der Waals surface area contributed by atoms with Crippen LogP contribution in [-0.2, 0) is 0 Å². The van der Waals surface area contributed by atoms with Crippen LogP contribution in [0.15, 0.2) is 48.5 Å². The topological polar surface area (TPSA) is 32.3 Å². The molecule has 3 rings (SSSR count). The minimum atomic E-state index is -0.417. The highest BCUT2D eigenvalue weighted by Crippen LogP contribution is 2.39. The van der Waals surface area contributed by atoms with E-state index < -0.39 is 5.82 Å². The Morgan fingerprint density at radius 2 is 2.00 bits per heavy atom. The number of benzene rings is 2. The lowest BCUT2D eigenvalue weighted by Gasteiger charge is -2.24. The van der Waals surface area contributed by atoms with Gasteiger partial charge in [-0.05, 0) is 24.3 Å². The number of amides is 2. The molecule has 1 N–H and O–H groups in total. The van der Waals surface area contributed by atoms with Gasteiger partial charge in [0.2, 0.25) is 0 Å². The van der Waals surface area contributed by atoms with E-state index in [1.54, 1.807) is 29.2 Å². The van der Waals surface area contributed by atoms with Gasteiger partial charge in [-0.2, -0.15) is 0 Å². The number of urea groups is 1. The Hall–Kier alpha value is -2.08. The standard InChI is InChI=1S/C16H14F2N2OS/c17-11-4-3-5-12(10-11)19-16(21)20-8-9-22-15(20)13-6-1-2-7-14(13)18/h1-7,10,15H,8-9H2,(H,19,21)/t15-/m1/s1. The van der Waals surface area contributed by atoms with Crippen LogP contribution in [-0.4, -0.2) is 23.2 Å². The highest BCUT2D eigenvalue weighted by Gasteiger charge is 2.32. The third kappa shape index (κ3) is 3.06. The fourth-order valence-corrected chi connectivity index (χ4v) is 3.65. The quantitative estimate of drug-likeness (QED) is 0.897. The third-order valence-electron chi connectivity index (χ3n) is 3.40. The van der Waals surface area contributed by atoms with E-state index >= 15 is 0 Å². The van der Waals surface area contributed by atoms with Crippen molar-refractivity contribution in [1.82, 2.24) is 4.90 Å². The number of carbonyl (C=O) groups excluding carboxylic acids is 1. The summed E-state index contributed by atoms with van der Waals surface area (Å²) in [5.74, 6) is -0.0139. The molecule has 0 spiro atoms. The molecule has 22 heavy (non-hydrogen) atoms. The molecule has 1 fully saturated rings. The highest BCUT2D eigenvalue weighted by atomic mass is 32.2. The second-order valence-electron chi connectivity index (χ2n) is 4.88. The number of hydrogen-bond donors (Lipinski definition) is 1. The van der Waals surface area contributed by atoms with Crippen LogP contribution < -0.4 is 5.32 Å². The van der Waals surface area contributed by atoms with Gasteiger partial charge in [-0.3, -0.25) is 0 Å². The summed E-state index contributed by atoms with van der Waals surface area (Å²) in [6.07, 6.45) is 0. The van der Waals surface area contributed by atoms with E-state index in [0.29, 0.717) is 17.8 Å². The Morgan fingerprint density at radius 3 is 2.77 bits per heavy atom. The SMILES string of the molecule is O=C(Nc1cccc(F)c1)N1CCS[C@@H]1c1ccccc1F. The molecule has 1 atom stereocenters. The lowest BCUT2D eigenvalue weighted by Crippen LogP contribution is -2.34. The Balaban J connectivity index is 1.78. The molecule has 3 nitrogen and oxygen atoms in total. The van der Waals surface area contributed by atoms with Gasteiger partial charge in [0.1, 0.15) is 17.0 Å². The maximum absolute atomic E-state index is 13.9. The number of rotatable bonds is 2. The monoisotopic (exact) mass is 320 g/mol. The maximum Gasteiger partial charge on any atom is 0.323 e. The van der Waals surface area contributed by atoms with E-state index in [4.69, 9.17) is 0 Å². The zero-order valence-corrected chi connectivity index (χ0v) is 12.4. The molecular formula is C16H14F2N2OS. The predicted molar refractivity (Wildman–Crippen MR) is 83.7 cm³/mol. The molecule has 2 amide bonds. The summed E-state index contributed by atoms with van der Waals surface area (Å²) in [5.41, 5.74) is 0.869. The summed E-state index contributed by atoms with van der Waals surface area (Å²) in [6, 6.07) is 11.8. The number of halogens is 2. The summed E-state index contributed by atoms with van der Waals surface area (Å²) in [7, 11) is 0. The molecule has 1 aliphatic heterocycles. The van der Waals surface area contributed by atoms with Crippen LogP contribution in [0.25, 0.3) is 0 Å². The zero-order chi connectivity index (χ0) is 15.5. The molecule has 0 radical (unpaired) electrons. The van der Waals surface area contributed by atoms with Gasteiger partial charge >= 0.3 is 6.03 Å². The van der Waals surface area contributed by atoms with Crippen molar-refractivity contribution >= 4 is 23.5 Å². The van der Waals surface area contributed by atoms with Crippen molar-refractivity contribution < 1.29 is 13.6 Å². The average molecular weight is 320 g/mol. The Kier molecular flexibility index (Phi) is 4.29. The molecule has 114 valence electrons. The number of nitrogens with one attached hydrogen (secondary N) is 1. The molecule has 0 bridgehead atoms. The number of carbonyl (C=O) groups is 1. The van der Waals surface area contributed by atoms with Crippen molar-refractivity contribution in [2.75, 3.05) is 17.6 Å². The first-order valence-corrected chi connectivity index (χ1v) is 7.89. The predicted octanol–water partition coefficient (Wildman–Crippen LogP) is 4.24. The minimum Gasteiger partial charge on any atom is -0.308 e. The normalized spacial score (nSPS) is 17.5. The fourth-order valence-electron chi connectivity index (χ4n) is 2.37. The smallest absolute Gasteiger partial charge is 0.308 e. The van der Waals surface area contributed by atoms with Crippen molar-refractivity contribution in [2.24, 2.45) is 0 Å². The Morgan fingerprint density at radius 1 is 1.18 bits per heavy atom. The van der Waals surface area contributed by atoms with Gasteiger partial charge in [-0.1, -0.05) is 24.3 Å². The summed E-state index contributed by atoms with van der Waals surface area (Å²) in [5, 5.41) is 2.29. The van der Waals surface area contributed by atoms with Gasteiger partial charge in [-0.25, -0.2) is 13.6 Å². The number of nitrogens with zero attached hydrogens (tertiary/aromatic N) is 1. The molecule has 6 heteroatoms. The minimum absolute atomic E-state index is 0.328. The molecule has 1 aliphatic rings. The van der Waals surface area contributed by atoms with Gasteiger partial charge < -0.3 is 10.2 Å². The number of thioether (sulfide) groups is 1. The van der Waals surface area contributed by atoms with Crippen LogP contribution in [0.1, 0.15) is 10.9 Å². The van der Waals surface area contributed by atoms with Crippen molar-refractivity contribution in [1.29, 1.82) is 0 Å². The molecular weight excluding hydrogens is 306 g/mol. The summed E-state index contributed by atoms with van der Waals surface area (Å²) < 4.78 is 27.1. The van der Waals surface area contributed by atoms with Crippen LogP contribution in [0.5, 0.6) is 0 Å².